The quantitative estimate of drug-likeness (QED) is 0.834. The maximum atomic E-state index is 9.14. The third kappa shape index (κ3) is 3.21. The van der Waals surface area contributed by atoms with E-state index in [2.05, 4.69) is 30.2 Å². The van der Waals surface area contributed by atoms with Crippen LogP contribution in [0.3, 0.4) is 0 Å². The van der Waals surface area contributed by atoms with Crippen molar-refractivity contribution in [1.82, 2.24) is 10.3 Å². The van der Waals surface area contributed by atoms with Crippen LogP contribution in [0.25, 0.3) is 10.9 Å². The molecule has 0 bridgehead atoms. The normalized spacial score (nSPS) is 10.6. The Hall–Kier alpha value is -2.12. The van der Waals surface area contributed by atoms with Gasteiger partial charge in [0.2, 0.25) is 0 Å². The molecule has 0 radical (unpaired) electrons. The zero-order valence-corrected chi connectivity index (χ0v) is 11.2. The first kappa shape index (κ1) is 13.3. The topological polar surface area (TPSA) is 57.9 Å². The van der Waals surface area contributed by atoms with Crippen LogP contribution < -0.4 is 10.1 Å². The Bertz CT molecular complexity index is 602. The largest absolute Gasteiger partial charge is 0.490 e. The van der Waals surface area contributed by atoms with E-state index in [1.807, 2.05) is 24.3 Å². The van der Waals surface area contributed by atoms with Gasteiger partial charge in [0, 0.05) is 24.2 Å². The van der Waals surface area contributed by atoms with E-state index < -0.39 is 0 Å². The molecule has 1 heterocycles. The second-order valence-electron chi connectivity index (χ2n) is 4.59. The molecule has 1 N–H and O–H groups in total. The number of benzene rings is 1. The number of rotatable bonds is 5. The van der Waals surface area contributed by atoms with Crippen LogP contribution >= 0.6 is 0 Å². The Kier molecular flexibility index (Phi) is 4.32. The first-order valence-corrected chi connectivity index (χ1v) is 6.36. The third-order valence-electron chi connectivity index (χ3n) is 2.75. The van der Waals surface area contributed by atoms with E-state index in [4.69, 9.17) is 10.00 Å². The van der Waals surface area contributed by atoms with Gasteiger partial charge in [0.25, 0.3) is 0 Å². The highest BCUT2D eigenvalue weighted by Gasteiger charge is 2.09. The molecule has 0 atom stereocenters. The monoisotopic (exact) mass is 255 g/mol. The van der Waals surface area contributed by atoms with Crippen LogP contribution in [-0.4, -0.2) is 24.2 Å². The molecular formula is C15H17N3O. The molecule has 19 heavy (non-hydrogen) atoms. The molecule has 2 rings (SSSR count). The molecule has 1 aromatic heterocycles. The molecule has 4 heteroatoms. The number of hydrogen-bond acceptors (Lipinski definition) is 4. The molecule has 0 aliphatic heterocycles. The van der Waals surface area contributed by atoms with E-state index in [9.17, 15) is 0 Å². The molecule has 1 aromatic carbocycles. The summed E-state index contributed by atoms with van der Waals surface area (Å²) in [4.78, 5) is 4.25. The molecule has 0 amide bonds. The summed E-state index contributed by atoms with van der Waals surface area (Å²) < 4.78 is 5.77. The smallest absolute Gasteiger partial charge is 0.148 e. The maximum absolute atomic E-state index is 9.14. The molecule has 98 valence electrons. The molecule has 0 aliphatic carbocycles. The van der Waals surface area contributed by atoms with Gasteiger partial charge >= 0.3 is 0 Å². The van der Waals surface area contributed by atoms with Gasteiger partial charge < -0.3 is 10.1 Å². The minimum atomic E-state index is 0.424. The highest BCUT2D eigenvalue weighted by Crippen LogP contribution is 2.27. The Labute approximate surface area is 113 Å². The fourth-order valence-corrected chi connectivity index (χ4v) is 1.85. The van der Waals surface area contributed by atoms with E-state index >= 15 is 0 Å². The molecule has 4 nitrogen and oxygen atoms in total. The summed E-state index contributed by atoms with van der Waals surface area (Å²) in [6.45, 7) is 5.45. The number of ether oxygens (including phenoxy) is 1. The molecule has 0 aliphatic rings. The summed E-state index contributed by atoms with van der Waals surface area (Å²) in [5.41, 5.74) is 1.32. The Balaban J connectivity index is 2.22. The van der Waals surface area contributed by atoms with Gasteiger partial charge in [-0.2, -0.15) is 5.26 Å². The first-order valence-electron chi connectivity index (χ1n) is 6.36. The van der Waals surface area contributed by atoms with E-state index in [-0.39, 0.29) is 0 Å². The van der Waals surface area contributed by atoms with Crippen molar-refractivity contribution in [2.24, 2.45) is 0 Å². The number of hydrogen-bond donors (Lipinski definition) is 1. The molecule has 0 saturated carbocycles. The molecule has 0 unspecified atom stereocenters. The van der Waals surface area contributed by atoms with Crippen molar-refractivity contribution in [2.75, 3.05) is 13.2 Å². The van der Waals surface area contributed by atoms with Crippen molar-refractivity contribution in [3.63, 3.8) is 0 Å². The van der Waals surface area contributed by atoms with E-state index in [1.54, 1.807) is 6.20 Å². The van der Waals surface area contributed by atoms with Crippen molar-refractivity contribution >= 4 is 10.9 Å². The minimum Gasteiger partial charge on any atom is -0.490 e. The summed E-state index contributed by atoms with van der Waals surface area (Å²) >= 11 is 0. The number of aromatic nitrogens is 1. The predicted molar refractivity (Wildman–Crippen MR) is 75.1 cm³/mol. The van der Waals surface area contributed by atoms with Crippen molar-refractivity contribution < 1.29 is 4.74 Å². The van der Waals surface area contributed by atoms with E-state index in [1.165, 1.54) is 0 Å². The van der Waals surface area contributed by atoms with Crippen molar-refractivity contribution in [1.29, 1.82) is 5.26 Å². The first-order chi connectivity index (χ1) is 9.22. The molecular weight excluding hydrogens is 238 g/mol. The lowest BCUT2D eigenvalue weighted by Gasteiger charge is -2.12. The van der Waals surface area contributed by atoms with Gasteiger partial charge in [-0.15, -0.1) is 0 Å². The highest BCUT2D eigenvalue weighted by atomic mass is 16.5. The van der Waals surface area contributed by atoms with Crippen LogP contribution in [0, 0.1) is 11.3 Å². The summed E-state index contributed by atoms with van der Waals surface area (Å²) in [5.74, 6) is 0.624. The summed E-state index contributed by atoms with van der Waals surface area (Å²) in [7, 11) is 0. The van der Waals surface area contributed by atoms with Gasteiger partial charge in [0.05, 0.1) is 5.52 Å². The van der Waals surface area contributed by atoms with Crippen LogP contribution in [0.15, 0.2) is 30.5 Å². The lowest BCUT2D eigenvalue weighted by Crippen LogP contribution is -2.27. The number of fused-ring (bicyclic) bond motifs is 1. The van der Waals surface area contributed by atoms with Crippen LogP contribution in [-0.2, 0) is 0 Å². The van der Waals surface area contributed by atoms with Crippen LogP contribution in [0.2, 0.25) is 0 Å². The third-order valence-corrected chi connectivity index (χ3v) is 2.75. The molecule has 0 saturated heterocycles. The molecule has 0 fully saturated rings. The number of nitriles is 1. The Morgan fingerprint density at radius 2 is 2.16 bits per heavy atom. The van der Waals surface area contributed by atoms with Crippen molar-refractivity contribution in [3.8, 4) is 11.8 Å². The molecule has 0 spiro atoms. The minimum absolute atomic E-state index is 0.424. The second kappa shape index (κ2) is 6.17. The van der Waals surface area contributed by atoms with Gasteiger partial charge in [-0.25, -0.2) is 0 Å². The van der Waals surface area contributed by atoms with Gasteiger partial charge in [0.1, 0.15) is 24.0 Å². The van der Waals surface area contributed by atoms with E-state index in [0.29, 0.717) is 24.0 Å². The fourth-order valence-electron chi connectivity index (χ4n) is 1.85. The number of pyridine rings is 1. The zero-order valence-electron chi connectivity index (χ0n) is 11.2. The Morgan fingerprint density at radius 3 is 2.89 bits per heavy atom. The predicted octanol–water partition coefficient (Wildman–Crippen LogP) is 2.48. The second-order valence-corrected chi connectivity index (χ2v) is 4.59. The standard InChI is InChI=1S/C15H17N3O/c1-11(2)17-7-8-19-15-12(9-16)10-18-14-6-4-3-5-13(14)15/h3-6,10-11,17H,7-8H2,1-2H3. The summed E-state index contributed by atoms with van der Waals surface area (Å²) in [6, 6.07) is 10.2. The average Bonchev–Trinajstić information content (AvgIpc) is 2.43. The number of nitrogens with one attached hydrogen (secondary N) is 1. The van der Waals surface area contributed by atoms with E-state index in [0.717, 1.165) is 17.4 Å². The SMILES string of the molecule is CC(C)NCCOc1c(C#N)cnc2ccccc12. The zero-order chi connectivity index (χ0) is 13.7. The van der Waals surface area contributed by atoms with Crippen molar-refractivity contribution in [2.45, 2.75) is 19.9 Å². The lowest BCUT2D eigenvalue weighted by atomic mass is 10.1. The van der Waals surface area contributed by atoms with Crippen LogP contribution in [0.1, 0.15) is 19.4 Å². The highest BCUT2D eigenvalue weighted by molar-refractivity contribution is 5.87. The summed E-state index contributed by atoms with van der Waals surface area (Å²) in [5, 5.41) is 13.3. The van der Waals surface area contributed by atoms with Gasteiger partial charge in [-0.1, -0.05) is 26.0 Å². The van der Waals surface area contributed by atoms with Gasteiger partial charge in [-0.05, 0) is 12.1 Å². The van der Waals surface area contributed by atoms with Crippen molar-refractivity contribution in [3.05, 3.63) is 36.0 Å². The molecule has 2 aromatic rings. The van der Waals surface area contributed by atoms with Gasteiger partial charge in [0.15, 0.2) is 0 Å². The number of para-hydroxylation sites is 1. The lowest BCUT2D eigenvalue weighted by molar-refractivity contribution is 0.311. The van der Waals surface area contributed by atoms with Gasteiger partial charge in [-0.3, -0.25) is 4.98 Å². The fraction of sp³-hybridized carbons (Fsp3) is 0.333. The van der Waals surface area contributed by atoms with Crippen LogP contribution in [0.5, 0.6) is 5.75 Å². The summed E-state index contributed by atoms with van der Waals surface area (Å²) in [6.07, 6.45) is 1.56. The maximum Gasteiger partial charge on any atom is 0.148 e. The van der Waals surface area contributed by atoms with Crippen LogP contribution in [0.4, 0.5) is 0 Å². The number of nitrogens with zero attached hydrogens (tertiary/aromatic N) is 2. The average molecular weight is 255 g/mol. The Morgan fingerprint density at radius 1 is 1.37 bits per heavy atom.